The Morgan fingerprint density at radius 2 is 2.29 bits per heavy atom. The Hall–Kier alpha value is -1.88. The van der Waals surface area contributed by atoms with Crippen molar-refractivity contribution in [1.29, 1.82) is 0 Å². The zero-order valence-corrected chi connectivity index (χ0v) is 9.58. The maximum absolute atomic E-state index is 11.6. The van der Waals surface area contributed by atoms with E-state index in [-0.39, 0.29) is 18.0 Å². The highest BCUT2D eigenvalue weighted by Gasteiger charge is 2.37. The Bertz CT molecular complexity index is 544. The fraction of sp³-hybridized carbons (Fsp3) is 0.333. The van der Waals surface area contributed by atoms with Crippen molar-refractivity contribution in [2.75, 3.05) is 7.05 Å². The van der Waals surface area contributed by atoms with Crippen LogP contribution in [0.4, 0.5) is 0 Å². The van der Waals surface area contributed by atoms with Crippen molar-refractivity contribution < 1.29 is 4.79 Å². The molecule has 1 fully saturated rings. The molecule has 88 valence electrons. The normalized spacial score (nSPS) is 24.8. The first-order valence-electron chi connectivity index (χ1n) is 5.61. The van der Waals surface area contributed by atoms with Crippen LogP contribution in [0.1, 0.15) is 18.2 Å². The van der Waals surface area contributed by atoms with Crippen LogP contribution in [0.25, 0.3) is 5.65 Å². The molecule has 17 heavy (non-hydrogen) atoms. The predicted octanol–water partition coefficient (Wildman–Crippen LogP) is 0.565. The molecule has 3 heterocycles. The molecular weight excluding hydrogens is 216 g/mol. The molecule has 2 N–H and O–H groups in total. The maximum atomic E-state index is 11.6. The Labute approximate surface area is 98.8 Å². The van der Waals surface area contributed by atoms with Gasteiger partial charge in [-0.2, -0.15) is 0 Å². The number of rotatable bonds is 1. The molecule has 2 unspecified atom stereocenters. The van der Waals surface area contributed by atoms with Gasteiger partial charge in [0.05, 0.1) is 11.7 Å². The van der Waals surface area contributed by atoms with Crippen LogP contribution in [0.15, 0.2) is 30.6 Å². The van der Waals surface area contributed by atoms with Crippen LogP contribution in [-0.2, 0) is 4.79 Å². The SMILES string of the molecule is CN1C(=O)CC(N)C1c1cn2ccccc2n1. The average Bonchev–Trinajstić information content (AvgIpc) is 2.81. The number of nitrogens with zero attached hydrogens (tertiary/aromatic N) is 3. The number of carbonyl (C=O) groups excluding carboxylic acids is 1. The molecule has 0 saturated carbocycles. The second-order valence-electron chi connectivity index (χ2n) is 4.45. The van der Waals surface area contributed by atoms with Gasteiger partial charge in [0.25, 0.3) is 0 Å². The lowest BCUT2D eigenvalue weighted by atomic mass is 10.1. The van der Waals surface area contributed by atoms with Crippen molar-refractivity contribution in [2.45, 2.75) is 18.5 Å². The van der Waals surface area contributed by atoms with Crippen LogP contribution in [0, 0.1) is 0 Å². The van der Waals surface area contributed by atoms with Crippen molar-refractivity contribution in [1.82, 2.24) is 14.3 Å². The standard InChI is InChI=1S/C12H14N4O/c1-15-11(17)6-8(13)12(15)9-7-16-5-3-2-4-10(16)14-9/h2-5,7-8,12H,6,13H2,1H3. The number of hydrogen-bond acceptors (Lipinski definition) is 3. The van der Waals surface area contributed by atoms with Gasteiger partial charge in [-0.1, -0.05) is 6.07 Å². The first-order valence-corrected chi connectivity index (χ1v) is 5.61. The van der Waals surface area contributed by atoms with E-state index in [4.69, 9.17) is 5.73 Å². The smallest absolute Gasteiger partial charge is 0.224 e. The van der Waals surface area contributed by atoms with Crippen LogP contribution >= 0.6 is 0 Å². The topological polar surface area (TPSA) is 63.6 Å². The van der Waals surface area contributed by atoms with Gasteiger partial charge in [0.2, 0.25) is 5.91 Å². The molecule has 0 spiro atoms. The number of pyridine rings is 1. The Morgan fingerprint density at radius 3 is 2.94 bits per heavy atom. The lowest BCUT2D eigenvalue weighted by Crippen LogP contribution is -2.30. The fourth-order valence-corrected chi connectivity index (χ4v) is 2.41. The third kappa shape index (κ3) is 1.51. The number of imidazole rings is 1. The van der Waals surface area contributed by atoms with E-state index in [2.05, 4.69) is 4.98 Å². The molecule has 5 heteroatoms. The van der Waals surface area contributed by atoms with E-state index < -0.39 is 0 Å². The van der Waals surface area contributed by atoms with Gasteiger partial charge in [-0.25, -0.2) is 4.98 Å². The summed E-state index contributed by atoms with van der Waals surface area (Å²) >= 11 is 0. The number of nitrogens with two attached hydrogens (primary N) is 1. The van der Waals surface area contributed by atoms with E-state index >= 15 is 0 Å². The Morgan fingerprint density at radius 1 is 1.47 bits per heavy atom. The van der Waals surface area contributed by atoms with Gasteiger partial charge in [-0.05, 0) is 12.1 Å². The van der Waals surface area contributed by atoms with Crippen molar-refractivity contribution in [3.63, 3.8) is 0 Å². The van der Waals surface area contributed by atoms with Gasteiger partial charge in [-0.3, -0.25) is 4.79 Å². The van der Waals surface area contributed by atoms with Crippen molar-refractivity contribution in [2.24, 2.45) is 5.73 Å². The molecule has 1 aliphatic heterocycles. The lowest BCUT2D eigenvalue weighted by Gasteiger charge is -2.20. The van der Waals surface area contributed by atoms with Gasteiger partial charge in [0, 0.05) is 31.9 Å². The molecule has 5 nitrogen and oxygen atoms in total. The van der Waals surface area contributed by atoms with E-state index in [0.29, 0.717) is 6.42 Å². The minimum absolute atomic E-state index is 0.0829. The summed E-state index contributed by atoms with van der Waals surface area (Å²) in [6.07, 6.45) is 4.28. The van der Waals surface area contributed by atoms with Gasteiger partial charge in [0.1, 0.15) is 5.65 Å². The van der Waals surface area contributed by atoms with Crippen molar-refractivity contribution in [3.05, 3.63) is 36.3 Å². The zero-order valence-electron chi connectivity index (χ0n) is 9.58. The number of fused-ring (bicyclic) bond motifs is 1. The number of likely N-dealkylation sites (tertiary alicyclic amines) is 1. The highest BCUT2D eigenvalue weighted by molar-refractivity contribution is 5.80. The summed E-state index contributed by atoms with van der Waals surface area (Å²) in [7, 11) is 1.78. The minimum atomic E-state index is -0.169. The zero-order chi connectivity index (χ0) is 12.0. The van der Waals surface area contributed by atoms with Crippen molar-refractivity contribution >= 4 is 11.6 Å². The number of likely N-dealkylation sites (N-methyl/N-ethyl adjacent to an activating group) is 1. The lowest BCUT2D eigenvalue weighted by molar-refractivity contribution is -0.127. The molecule has 1 amide bonds. The average molecular weight is 230 g/mol. The van der Waals surface area contributed by atoms with Gasteiger partial charge < -0.3 is 15.0 Å². The molecule has 0 bridgehead atoms. The molecule has 2 atom stereocenters. The third-order valence-corrected chi connectivity index (χ3v) is 3.31. The molecule has 1 aliphatic rings. The monoisotopic (exact) mass is 230 g/mol. The first-order chi connectivity index (χ1) is 8.16. The van der Waals surface area contributed by atoms with Gasteiger partial charge in [0.15, 0.2) is 0 Å². The quantitative estimate of drug-likeness (QED) is 0.778. The molecule has 0 aromatic carbocycles. The molecule has 2 aromatic heterocycles. The molecule has 0 aliphatic carbocycles. The second-order valence-corrected chi connectivity index (χ2v) is 4.45. The van der Waals surface area contributed by atoms with Crippen molar-refractivity contribution in [3.8, 4) is 0 Å². The number of amides is 1. The van der Waals surface area contributed by atoms with E-state index in [9.17, 15) is 4.79 Å². The summed E-state index contributed by atoms with van der Waals surface area (Å²) in [6.45, 7) is 0. The Kier molecular flexibility index (Phi) is 2.16. The molecule has 2 aromatic rings. The van der Waals surface area contributed by atoms with Gasteiger partial charge in [-0.15, -0.1) is 0 Å². The largest absolute Gasteiger partial charge is 0.335 e. The van der Waals surface area contributed by atoms with Crippen LogP contribution in [0.5, 0.6) is 0 Å². The number of aromatic nitrogens is 2. The summed E-state index contributed by atoms with van der Waals surface area (Å²) in [6, 6.07) is 5.54. The fourth-order valence-electron chi connectivity index (χ4n) is 2.41. The molecule has 3 rings (SSSR count). The Balaban J connectivity index is 2.06. The molecule has 0 radical (unpaired) electrons. The van der Waals surface area contributed by atoms with E-state index in [1.54, 1.807) is 11.9 Å². The summed E-state index contributed by atoms with van der Waals surface area (Å²) in [5, 5.41) is 0. The first kappa shape index (κ1) is 10.3. The minimum Gasteiger partial charge on any atom is -0.335 e. The van der Waals surface area contributed by atoms with Crippen LogP contribution in [-0.4, -0.2) is 33.3 Å². The highest BCUT2D eigenvalue weighted by atomic mass is 16.2. The van der Waals surface area contributed by atoms with E-state index in [0.717, 1.165) is 11.3 Å². The number of hydrogen-bond donors (Lipinski definition) is 1. The summed E-state index contributed by atoms with van der Waals surface area (Å²) in [5.74, 6) is 0.0829. The summed E-state index contributed by atoms with van der Waals surface area (Å²) in [4.78, 5) is 17.8. The second kappa shape index (κ2) is 3.56. The van der Waals surface area contributed by atoms with E-state index in [1.165, 1.54) is 0 Å². The van der Waals surface area contributed by atoms with Crippen LogP contribution in [0.3, 0.4) is 0 Å². The van der Waals surface area contributed by atoms with E-state index in [1.807, 2.05) is 35.0 Å². The maximum Gasteiger partial charge on any atom is 0.224 e. The third-order valence-electron chi connectivity index (χ3n) is 3.31. The van der Waals surface area contributed by atoms with Gasteiger partial charge >= 0.3 is 0 Å². The predicted molar refractivity (Wildman–Crippen MR) is 63.3 cm³/mol. The summed E-state index contributed by atoms with van der Waals surface area (Å²) in [5.41, 5.74) is 7.74. The molecule has 1 saturated heterocycles. The summed E-state index contributed by atoms with van der Waals surface area (Å²) < 4.78 is 1.94. The molecular formula is C12H14N4O. The highest BCUT2D eigenvalue weighted by Crippen LogP contribution is 2.29. The number of carbonyl (C=O) groups is 1. The van der Waals surface area contributed by atoms with Crippen LogP contribution in [0.2, 0.25) is 0 Å². The van der Waals surface area contributed by atoms with Crippen LogP contribution < -0.4 is 5.73 Å².